The molecule has 1 unspecified atom stereocenters. The molecule has 13 heavy (non-hydrogen) atoms. The lowest BCUT2D eigenvalue weighted by atomic mass is 10.4. The lowest BCUT2D eigenvalue weighted by Gasteiger charge is -2.10. The summed E-state index contributed by atoms with van der Waals surface area (Å²) < 4.78 is 0. The van der Waals surface area contributed by atoms with Gasteiger partial charge in [0.25, 0.3) is 0 Å². The van der Waals surface area contributed by atoms with E-state index in [1.165, 1.54) is 0 Å². The van der Waals surface area contributed by atoms with Crippen LogP contribution in [0.5, 0.6) is 0 Å². The van der Waals surface area contributed by atoms with Crippen LogP contribution in [0.3, 0.4) is 0 Å². The fourth-order valence-corrected chi connectivity index (χ4v) is 0.740. The molecule has 6 N–H and O–H groups in total. The number of rotatable bonds is 7. The Morgan fingerprint density at radius 2 is 2.23 bits per heavy atom. The van der Waals surface area contributed by atoms with Gasteiger partial charge in [0.1, 0.15) is 6.23 Å². The maximum atomic E-state index is 10.8. The Kier molecular flexibility index (Phi) is 7.51. The van der Waals surface area contributed by atoms with Gasteiger partial charge in [-0.25, -0.2) is 0 Å². The van der Waals surface area contributed by atoms with Gasteiger partial charge in [0.15, 0.2) is 0 Å². The molecule has 0 aromatic rings. The first-order valence-corrected chi connectivity index (χ1v) is 4.32. The molecule has 0 bridgehead atoms. The fourth-order valence-electron chi connectivity index (χ4n) is 0.740. The standard InChI is InChI=1S/C7H18N4O2/c1-2-6(12)9-3-4-10-7(13)5-11-8/h6,9,11-12H,2-5,8H2,1H3,(H,10,13). The van der Waals surface area contributed by atoms with Crippen LogP contribution >= 0.6 is 0 Å². The van der Waals surface area contributed by atoms with E-state index in [0.29, 0.717) is 19.5 Å². The molecule has 78 valence electrons. The van der Waals surface area contributed by atoms with Gasteiger partial charge < -0.3 is 10.4 Å². The molecule has 0 aliphatic heterocycles. The van der Waals surface area contributed by atoms with Crippen molar-refractivity contribution in [3.63, 3.8) is 0 Å². The van der Waals surface area contributed by atoms with Crippen molar-refractivity contribution in [2.45, 2.75) is 19.6 Å². The zero-order chi connectivity index (χ0) is 10.1. The molecule has 0 spiro atoms. The molecule has 1 amide bonds. The highest BCUT2D eigenvalue weighted by Crippen LogP contribution is 1.81. The Morgan fingerprint density at radius 1 is 1.54 bits per heavy atom. The van der Waals surface area contributed by atoms with Crippen LogP contribution in [0.15, 0.2) is 0 Å². The van der Waals surface area contributed by atoms with E-state index in [1.54, 1.807) is 0 Å². The number of amides is 1. The molecule has 6 heteroatoms. The summed E-state index contributed by atoms with van der Waals surface area (Å²) in [5.74, 6) is 4.78. The van der Waals surface area contributed by atoms with Gasteiger partial charge in [-0.1, -0.05) is 6.92 Å². The normalized spacial score (nSPS) is 12.5. The monoisotopic (exact) mass is 190 g/mol. The summed E-state index contributed by atoms with van der Waals surface area (Å²) in [4.78, 5) is 10.8. The number of hydrazine groups is 1. The van der Waals surface area contributed by atoms with Crippen molar-refractivity contribution in [1.29, 1.82) is 0 Å². The zero-order valence-corrected chi connectivity index (χ0v) is 7.84. The minimum Gasteiger partial charge on any atom is -0.379 e. The number of aliphatic hydroxyl groups excluding tert-OH is 1. The van der Waals surface area contributed by atoms with E-state index >= 15 is 0 Å². The third-order valence-corrected chi connectivity index (χ3v) is 1.48. The van der Waals surface area contributed by atoms with Crippen LogP contribution in [0, 0.1) is 0 Å². The molecular formula is C7H18N4O2. The van der Waals surface area contributed by atoms with Crippen LogP contribution in [0.4, 0.5) is 0 Å². The third kappa shape index (κ3) is 7.66. The van der Waals surface area contributed by atoms with E-state index < -0.39 is 6.23 Å². The quantitative estimate of drug-likeness (QED) is 0.137. The predicted octanol–water partition coefficient (Wildman–Crippen LogP) is -2.12. The van der Waals surface area contributed by atoms with Crippen LogP contribution < -0.4 is 21.9 Å². The van der Waals surface area contributed by atoms with E-state index in [2.05, 4.69) is 16.1 Å². The summed E-state index contributed by atoms with van der Waals surface area (Å²) in [6, 6.07) is 0. The third-order valence-electron chi connectivity index (χ3n) is 1.48. The Morgan fingerprint density at radius 3 is 2.77 bits per heavy atom. The van der Waals surface area contributed by atoms with Crippen LogP contribution in [0.1, 0.15) is 13.3 Å². The maximum Gasteiger partial charge on any atom is 0.235 e. The first-order chi connectivity index (χ1) is 6.20. The molecule has 1 atom stereocenters. The van der Waals surface area contributed by atoms with Gasteiger partial charge >= 0.3 is 0 Å². The van der Waals surface area contributed by atoms with Crippen LogP contribution in [0.2, 0.25) is 0 Å². The first kappa shape index (κ1) is 12.3. The lowest BCUT2D eigenvalue weighted by molar-refractivity contribution is -0.120. The summed E-state index contributed by atoms with van der Waals surface area (Å²) >= 11 is 0. The summed E-state index contributed by atoms with van der Waals surface area (Å²) in [6.45, 7) is 3.01. The Hall–Kier alpha value is -0.690. The Labute approximate surface area is 77.8 Å². The second-order valence-corrected chi connectivity index (χ2v) is 2.61. The first-order valence-electron chi connectivity index (χ1n) is 4.32. The van der Waals surface area contributed by atoms with Crippen LogP contribution in [-0.2, 0) is 4.79 Å². The molecule has 0 aromatic heterocycles. The number of aliphatic hydroxyl groups is 1. The predicted molar refractivity (Wildman–Crippen MR) is 49.5 cm³/mol. The van der Waals surface area contributed by atoms with Gasteiger partial charge in [0.2, 0.25) is 5.91 Å². The average molecular weight is 190 g/mol. The fraction of sp³-hybridized carbons (Fsp3) is 0.857. The van der Waals surface area contributed by atoms with Gasteiger partial charge in [-0.05, 0) is 6.42 Å². The Balaban J connectivity index is 3.20. The number of hydrogen-bond acceptors (Lipinski definition) is 5. The van der Waals surface area contributed by atoms with E-state index in [9.17, 15) is 4.79 Å². The number of carbonyl (C=O) groups excluding carboxylic acids is 1. The highest BCUT2D eigenvalue weighted by molar-refractivity contribution is 5.77. The maximum absolute atomic E-state index is 10.8. The highest BCUT2D eigenvalue weighted by Gasteiger charge is 1.99. The van der Waals surface area contributed by atoms with Gasteiger partial charge in [0, 0.05) is 13.1 Å². The second kappa shape index (κ2) is 7.93. The minimum absolute atomic E-state index is 0.107. The van der Waals surface area contributed by atoms with Crippen LogP contribution in [-0.4, -0.2) is 36.9 Å². The molecular weight excluding hydrogens is 172 g/mol. The smallest absolute Gasteiger partial charge is 0.235 e. The number of carbonyl (C=O) groups is 1. The molecule has 0 fully saturated rings. The summed E-state index contributed by atoms with van der Waals surface area (Å²) in [5, 5.41) is 14.5. The van der Waals surface area contributed by atoms with Crippen LogP contribution in [0.25, 0.3) is 0 Å². The summed E-state index contributed by atoms with van der Waals surface area (Å²) in [7, 11) is 0. The molecule has 6 nitrogen and oxygen atoms in total. The van der Waals surface area contributed by atoms with Crippen molar-refractivity contribution in [3.8, 4) is 0 Å². The average Bonchev–Trinajstić information content (AvgIpc) is 2.12. The molecule has 0 aromatic carbocycles. The Bertz CT molecular complexity index is 142. The second-order valence-electron chi connectivity index (χ2n) is 2.61. The van der Waals surface area contributed by atoms with Gasteiger partial charge in [0.05, 0.1) is 6.54 Å². The van der Waals surface area contributed by atoms with Crippen molar-refractivity contribution >= 4 is 5.91 Å². The summed E-state index contributed by atoms with van der Waals surface area (Å²) in [5.41, 5.74) is 2.25. The van der Waals surface area contributed by atoms with E-state index in [-0.39, 0.29) is 12.5 Å². The molecule has 0 heterocycles. The van der Waals surface area contributed by atoms with Crippen molar-refractivity contribution < 1.29 is 9.90 Å². The van der Waals surface area contributed by atoms with Gasteiger partial charge in [-0.15, -0.1) is 0 Å². The molecule has 0 saturated heterocycles. The molecule has 0 aliphatic rings. The van der Waals surface area contributed by atoms with E-state index in [0.717, 1.165) is 0 Å². The van der Waals surface area contributed by atoms with Crippen molar-refractivity contribution in [2.24, 2.45) is 5.84 Å². The zero-order valence-electron chi connectivity index (χ0n) is 7.84. The number of nitrogens with two attached hydrogens (primary N) is 1. The number of nitrogens with one attached hydrogen (secondary N) is 3. The molecule has 0 saturated carbocycles. The van der Waals surface area contributed by atoms with Gasteiger partial charge in [-0.3, -0.25) is 21.4 Å². The van der Waals surface area contributed by atoms with E-state index in [1.807, 2.05) is 6.92 Å². The van der Waals surface area contributed by atoms with Gasteiger partial charge in [-0.2, -0.15) is 0 Å². The summed E-state index contributed by atoms with van der Waals surface area (Å²) in [6.07, 6.45) is 0.155. The van der Waals surface area contributed by atoms with Crippen molar-refractivity contribution in [3.05, 3.63) is 0 Å². The SMILES string of the molecule is CCC(O)NCCNC(=O)CNN. The largest absolute Gasteiger partial charge is 0.379 e. The number of hydrogen-bond donors (Lipinski definition) is 5. The molecule has 0 radical (unpaired) electrons. The topological polar surface area (TPSA) is 99.4 Å². The molecule has 0 rings (SSSR count). The van der Waals surface area contributed by atoms with Crippen molar-refractivity contribution in [2.75, 3.05) is 19.6 Å². The minimum atomic E-state index is -0.496. The van der Waals surface area contributed by atoms with E-state index in [4.69, 9.17) is 10.9 Å². The lowest BCUT2D eigenvalue weighted by Crippen LogP contribution is -2.41. The van der Waals surface area contributed by atoms with Crippen molar-refractivity contribution in [1.82, 2.24) is 16.1 Å². The highest BCUT2D eigenvalue weighted by atomic mass is 16.3. The molecule has 0 aliphatic carbocycles.